The number of aliphatic hydroxyl groups is 8. The summed E-state index contributed by atoms with van der Waals surface area (Å²) in [7, 11) is 5.79. The van der Waals surface area contributed by atoms with Crippen LogP contribution in [0.1, 0.15) is 115 Å². The Morgan fingerprint density at radius 3 is 2.03 bits per heavy atom. The molecule has 5 rings (SSSR count). The smallest absolute Gasteiger partial charge is 0.334 e. The molecule has 1 unspecified atom stereocenters. The molecule has 0 aliphatic carbocycles. The lowest BCUT2D eigenvalue weighted by atomic mass is 9.76. The molecule has 21 heteroatoms. The van der Waals surface area contributed by atoms with Crippen LogP contribution in [0, 0.1) is 17.8 Å². The maximum atomic E-state index is 14.3. The van der Waals surface area contributed by atoms with E-state index in [0.29, 0.717) is 12.0 Å². The number of carbonyl (C=O) groups is 1. The molecule has 0 aromatic rings. The van der Waals surface area contributed by atoms with Crippen molar-refractivity contribution in [1.82, 2.24) is 0 Å². The molecule has 4 saturated heterocycles. The first-order valence-electron chi connectivity index (χ1n) is 27.9. The number of carbonyl (C=O) groups excluding carboxylic acids is 1. The van der Waals surface area contributed by atoms with Crippen molar-refractivity contribution in [2.45, 2.75) is 249 Å². The summed E-state index contributed by atoms with van der Waals surface area (Å²) in [5.41, 5.74) is 0.889. The summed E-state index contributed by atoms with van der Waals surface area (Å²) in [4.78, 5) is 14.3. The molecule has 5 aliphatic rings. The quantitative estimate of drug-likeness (QED) is 0.115. The van der Waals surface area contributed by atoms with Crippen LogP contribution in [-0.4, -0.2) is 216 Å². The average molecular weight is 1130 g/mol. The van der Waals surface area contributed by atoms with Gasteiger partial charge in [0.05, 0.1) is 79.4 Å². The van der Waals surface area contributed by atoms with E-state index >= 15 is 0 Å². The fraction of sp³-hybridized carbons (Fsp3) is 0.810. The van der Waals surface area contributed by atoms with Gasteiger partial charge in [0.2, 0.25) is 5.79 Å². The molecular weight excluding hydrogens is 1030 g/mol. The number of hydrogen-bond acceptors (Lipinski definition) is 21. The molecule has 5 aliphatic heterocycles. The number of rotatable bonds is 14. The van der Waals surface area contributed by atoms with Crippen molar-refractivity contribution in [1.29, 1.82) is 0 Å². The Kier molecular flexibility index (Phi) is 25.3. The van der Waals surface area contributed by atoms with E-state index in [4.69, 9.17) is 56.8 Å². The Balaban J connectivity index is 1.41. The van der Waals surface area contributed by atoms with Crippen molar-refractivity contribution in [3.63, 3.8) is 0 Å². The van der Waals surface area contributed by atoms with E-state index in [1.54, 1.807) is 47.6 Å². The first-order chi connectivity index (χ1) is 37.1. The van der Waals surface area contributed by atoms with Crippen LogP contribution in [0.25, 0.3) is 0 Å². The van der Waals surface area contributed by atoms with Crippen molar-refractivity contribution in [3.8, 4) is 0 Å². The highest BCUT2D eigenvalue weighted by Crippen LogP contribution is 2.44. The number of esters is 1. The van der Waals surface area contributed by atoms with Crippen molar-refractivity contribution >= 4 is 5.97 Å². The van der Waals surface area contributed by atoms with Gasteiger partial charge < -0.3 is 97.7 Å². The fourth-order valence-corrected chi connectivity index (χ4v) is 11.6. The van der Waals surface area contributed by atoms with Crippen LogP contribution in [0.4, 0.5) is 0 Å². The van der Waals surface area contributed by atoms with E-state index in [9.17, 15) is 45.6 Å². The SMILES string of the molecule is COC[C@@H](CC1O[C@@](O)([C@@H]2OC(=O)/C(C)=C/C(C)=C/C(C)=C/[C@@H](C)[C@H](O[C@@H]3O[C@@H](C)[C@@H](OC)[C@H](O)[C@@H]3O)/C=C/C(C)=C/CC[C@H](O)[C@@H](OC)C[C@@H]2O)[C@H](C)[C@@H](O)[C@H]1C)O[C@H]1C[C@](C)(O)[C@@H](O[C@H]2C[C@@H](OC)[C@H](O)[C@@H](C)O2)[C@H](C)O1. The summed E-state index contributed by atoms with van der Waals surface area (Å²) in [6.07, 6.45) is -8.51. The Morgan fingerprint density at radius 2 is 1.39 bits per heavy atom. The minimum absolute atomic E-state index is 0.000680. The molecule has 454 valence electrons. The molecule has 0 radical (unpaired) electrons. The number of hydrogen-bond donors (Lipinski definition) is 8. The van der Waals surface area contributed by atoms with Gasteiger partial charge in [0.15, 0.2) is 25.0 Å². The molecular formula is C58H96O21. The molecule has 5 heterocycles. The number of allylic oxidation sites excluding steroid dienone is 7. The van der Waals surface area contributed by atoms with Crippen LogP contribution in [-0.2, 0) is 61.6 Å². The third-order valence-corrected chi connectivity index (χ3v) is 16.3. The predicted octanol–water partition coefficient (Wildman–Crippen LogP) is 3.59. The zero-order valence-corrected chi connectivity index (χ0v) is 49.1. The van der Waals surface area contributed by atoms with E-state index in [0.717, 1.165) is 11.1 Å². The van der Waals surface area contributed by atoms with Crippen LogP contribution in [0.2, 0.25) is 0 Å². The summed E-state index contributed by atoms with van der Waals surface area (Å²) in [5.74, 6) is -5.55. The summed E-state index contributed by atoms with van der Waals surface area (Å²) < 4.78 is 72.2. The Morgan fingerprint density at radius 1 is 0.722 bits per heavy atom. The van der Waals surface area contributed by atoms with E-state index in [2.05, 4.69) is 0 Å². The van der Waals surface area contributed by atoms with Crippen LogP contribution >= 0.6 is 0 Å². The summed E-state index contributed by atoms with van der Waals surface area (Å²) in [6.45, 7) is 19.1. The molecule has 0 spiro atoms. The number of cyclic esters (lactones) is 1. The van der Waals surface area contributed by atoms with Crippen LogP contribution in [0.15, 0.2) is 58.7 Å². The van der Waals surface area contributed by atoms with Gasteiger partial charge in [0.1, 0.15) is 30.5 Å². The van der Waals surface area contributed by atoms with Crippen molar-refractivity contribution in [2.24, 2.45) is 17.8 Å². The number of ether oxygens (including phenoxy) is 12. The minimum Gasteiger partial charge on any atom is -0.450 e. The standard InChI is InChI=1S/C58H96O21/c1-29-17-16-18-40(59)44(69-13)25-41(60)54(78-55(65)33(5)23-31(3)21-30(2)22-32(4)42(20-19-29)76-56-51(64)50(63)52(71-15)37(9)74-56)58(67)35(7)48(61)34(6)43(79-58)24-39(28-68-12)75-47-27-57(11,66)53(38(10)73-47)77-46-26-45(70-14)49(62)36(8)72-46/h17,19-23,32,34-54,56,59-64,66-67H,16,18,24-28H2,1-15H3/b20-19+,29-17+,30-22+,31-21+,33-23+/t32-,34+,35-,36-,37+,38+,39-,40+,41+,42-,43?,44+,45-,46+,47+,48+,49-,50-,51+,52-,53+,54-,56+,57+,58-/m1/s1. The van der Waals surface area contributed by atoms with Gasteiger partial charge in [-0.2, -0.15) is 0 Å². The van der Waals surface area contributed by atoms with E-state index in [1.807, 2.05) is 51.2 Å². The normalized spacial score (nSPS) is 47.4. The molecule has 0 bridgehead atoms. The first kappa shape index (κ1) is 67.2. The third-order valence-electron chi connectivity index (χ3n) is 16.3. The maximum absolute atomic E-state index is 14.3. The molecule has 0 aromatic carbocycles. The number of methoxy groups -OCH3 is 4. The lowest BCUT2D eigenvalue weighted by Gasteiger charge is -2.52. The average Bonchev–Trinajstić information content (AvgIpc) is 3.41. The molecule has 0 aromatic heterocycles. The Bertz CT molecular complexity index is 2080. The van der Waals surface area contributed by atoms with Gasteiger partial charge in [0.25, 0.3) is 0 Å². The molecule has 4 fully saturated rings. The lowest BCUT2D eigenvalue weighted by molar-refractivity contribution is -0.366. The largest absolute Gasteiger partial charge is 0.450 e. The Hall–Kier alpha value is -2.59. The van der Waals surface area contributed by atoms with Crippen LogP contribution in [0.5, 0.6) is 0 Å². The second-order valence-corrected chi connectivity index (χ2v) is 23.0. The Labute approximate surface area is 467 Å². The molecule has 25 atom stereocenters. The first-order valence-corrected chi connectivity index (χ1v) is 27.9. The van der Waals surface area contributed by atoms with Gasteiger partial charge >= 0.3 is 5.97 Å². The summed E-state index contributed by atoms with van der Waals surface area (Å²) in [6, 6.07) is 0. The maximum Gasteiger partial charge on any atom is 0.334 e. The van der Waals surface area contributed by atoms with E-state index < -0.39 is 152 Å². The second-order valence-electron chi connectivity index (χ2n) is 23.0. The fourth-order valence-electron chi connectivity index (χ4n) is 11.6. The zero-order chi connectivity index (χ0) is 58.8. The van der Waals surface area contributed by atoms with E-state index in [1.165, 1.54) is 42.3 Å². The van der Waals surface area contributed by atoms with Crippen molar-refractivity contribution < 1.29 is 102 Å². The minimum atomic E-state index is -2.53. The molecule has 0 saturated carbocycles. The van der Waals surface area contributed by atoms with Gasteiger partial charge in [0, 0.05) is 77.4 Å². The summed E-state index contributed by atoms with van der Waals surface area (Å²) in [5, 5.41) is 92.8. The third kappa shape index (κ3) is 17.3. The van der Waals surface area contributed by atoms with Crippen molar-refractivity contribution in [2.75, 3.05) is 35.0 Å². The monoisotopic (exact) mass is 1130 g/mol. The number of aliphatic hydroxyl groups excluding tert-OH is 6. The highest BCUT2D eigenvalue weighted by Gasteiger charge is 2.59. The van der Waals surface area contributed by atoms with Gasteiger partial charge in [-0.15, -0.1) is 0 Å². The lowest BCUT2D eigenvalue weighted by Crippen LogP contribution is -2.66. The van der Waals surface area contributed by atoms with Crippen molar-refractivity contribution in [3.05, 3.63) is 58.7 Å². The van der Waals surface area contributed by atoms with Gasteiger partial charge in [-0.1, -0.05) is 67.9 Å². The highest BCUT2D eigenvalue weighted by atomic mass is 16.7. The topological polar surface area (TPSA) is 290 Å². The zero-order valence-electron chi connectivity index (χ0n) is 49.1. The highest BCUT2D eigenvalue weighted by molar-refractivity contribution is 5.88. The van der Waals surface area contributed by atoms with E-state index in [-0.39, 0.29) is 50.2 Å². The van der Waals surface area contributed by atoms with Crippen LogP contribution in [0.3, 0.4) is 0 Å². The molecule has 79 heavy (non-hydrogen) atoms. The van der Waals surface area contributed by atoms with Gasteiger partial charge in [-0.3, -0.25) is 0 Å². The molecule has 8 N–H and O–H groups in total. The van der Waals surface area contributed by atoms with Gasteiger partial charge in [-0.05, 0) is 74.3 Å². The summed E-state index contributed by atoms with van der Waals surface area (Å²) >= 11 is 0. The molecule has 0 amide bonds. The second kappa shape index (κ2) is 29.8. The van der Waals surface area contributed by atoms with Gasteiger partial charge in [-0.25, -0.2) is 4.79 Å². The van der Waals surface area contributed by atoms with Crippen LogP contribution < -0.4 is 0 Å². The molecule has 21 nitrogen and oxygen atoms in total. The predicted molar refractivity (Wildman–Crippen MR) is 288 cm³/mol.